The zero-order chi connectivity index (χ0) is 12.4. The van der Waals surface area contributed by atoms with Gasteiger partial charge in [-0.15, -0.1) is 0 Å². The highest BCUT2D eigenvalue weighted by atomic mass is 79.9. The fraction of sp³-hybridized carbons (Fsp3) is 0.571. The van der Waals surface area contributed by atoms with Crippen LogP contribution in [-0.4, -0.2) is 6.04 Å². The van der Waals surface area contributed by atoms with E-state index in [1.165, 1.54) is 18.9 Å². The molecule has 1 saturated carbocycles. The van der Waals surface area contributed by atoms with Crippen molar-refractivity contribution in [2.24, 2.45) is 11.8 Å². The van der Waals surface area contributed by atoms with E-state index < -0.39 is 0 Å². The second-order valence-corrected chi connectivity index (χ2v) is 6.20. The molecule has 1 aliphatic carbocycles. The van der Waals surface area contributed by atoms with Crippen molar-refractivity contribution in [2.75, 3.05) is 0 Å². The molecular formula is C14H19BrFN. The first-order valence-electron chi connectivity index (χ1n) is 6.23. The summed E-state index contributed by atoms with van der Waals surface area (Å²) in [5, 5.41) is 3.43. The molecule has 0 saturated heterocycles. The van der Waals surface area contributed by atoms with Gasteiger partial charge in [0, 0.05) is 22.6 Å². The molecule has 0 unspecified atom stereocenters. The maximum Gasteiger partial charge on any atom is 0.127 e. The van der Waals surface area contributed by atoms with Crippen LogP contribution in [0.25, 0.3) is 0 Å². The lowest BCUT2D eigenvalue weighted by atomic mass is 9.73. The molecule has 0 aliphatic heterocycles. The molecule has 1 fully saturated rings. The summed E-state index contributed by atoms with van der Waals surface area (Å²) in [5.74, 6) is 1.50. The Bertz CT molecular complexity index is 386. The lowest BCUT2D eigenvalue weighted by molar-refractivity contribution is 0.167. The lowest BCUT2D eigenvalue weighted by Crippen LogP contribution is -2.42. The van der Waals surface area contributed by atoms with Gasteiger partial charge in [0.05, 0.1) is 0 Å². The van der Waals surface area contributed by atoms with Gasteiger partial charge in [-0.25, -0.2) is 4.39 Å². The van der Waals surface area contributed by atoms with Gasteiger partial charge in [0.25, 0.3) is 0 Å². The Morgan fingerprint density at radius 3 is 2.76 bits per heavy atom. The molecule has 0 radical (unpaired) electrons. The Hall–Kier alpha value is -0.410. The number of rotatable bonds is 4. The molecule has 1 nitrogen and oxygen atoms in total. The second-order valence-electron chi connectivity index (χ2n) is 5.29. The average molecular weight is 300 g/mol. The highest BCUT2D eigenvalue weighted by Crippen LogP contribution is 2.33. The number of benzene rings is 1. The van der Waals surface area contributed by atoms with Crippen molar-refractivity contribution in [1.82, 2.24) is 5.32 Å². The molecular weight excluding hydrogens is 281 g/mol. The van der Waals surface area contributed by atoms with E-state index in [0.29, 0.717) is 12.6 Å². The van der Waals surface area contributed by atoms with E-state index in [-0.39, 0.29) is 5.82 Å². The SMILES string of the molecule is CC(C)C1CC(NCc2cc(Br)ccc2F)C1. The monoisotopic (exact) mass is 299 g/mol. The van der Waals surface area contributed by atoms with Crippen LogP contribution in [0.3, 0.4) is 0 Å². The van der Waals surface area contributed by atoms with Crippen LogP contribution < -0.4 is 5.32 Å². The highest BCUT2D eigenvalue weighted by molar-refractivity contribution is 9.10. The minimum absolute atomic E-state index is 0.125. The molecule has 0 spiro atoms. The second kappa shape index (κ2) is 5.49. The van der Waals surface area contributed by atoms with Crippen LogP contribution in [0, 0.1) is 17.7 Å². The van der Waals surface area contributed by atoms with Crippen LogP contribution in [0.5, 0.6) is 0 Å². The number of hydrogen-bond donors (Lipinski definition) is 1. The van der Waals surface area contributed by atoms with Crippen molar-refractivity contribution in [1.29, 1.82) is 0 Å². The van der Waals surface area contributed by atoms with Crippen LogP contribution in [0.4, 0.5) is 4.39 Å². The van der Waals surface area contributed by atoms with Gasteiger partial charge in [-0.2, -0.15) is 0 Å². The molecule has 2 rings (SSSR count). The predicted octanol–water partition coefficient (Wildman–Crippen LogP) is 4.11. The molecule has 0 bridgehead atoms. The van der Waals surface area contributed by atoms with Gasteiger partial charge >= 0.3 is 0 Å². The third kappa shape index (κ3) is 3.29. The van der Waals surface area contributed by atoms with Crippen LogP contribution in [0.2, 0.25) is 0 Å². The molecule has 1 aromatic rings. The summed E-state index contributed by atoms with van der Waals surface area (Å²) in [6.07, 6.45) is 2.46. The summed E-state index contributed by atoms with van der Waals surface area (Å²) in [6.45, 7) is 5.17. The predicted molar refractivity (Wildman–Crippen MR) is 72.3 cm³/mol. The Morgan fingerprint density at radius 2 is 2.12 bits per heavy atom. The standard InChI is InChI=1S/C14H19BrFN/c1-9(2)10-6-13(7-10)17-8-11-5-12(15)3-4-14(11)16/h3-5,9-10,13,17H,6-8H2,1-2H3. The first-order valence-corrected chi connectivity index (χ1v) is 7.03. The summed E-state index contributed by atoms with van der Waals surface area (Å²) in [5.41, 5.74) is 0.743. The van der Waals surface area contributed by atoms with Gasteiger partial charge in [0.2, 0.25) is 0 Å². The first kappa shape index (κ1) is 13.0. The van der Waals surface area contributed by atoms with Crippen molar-refractivity contribution in [2.45, 2.75) is 39.3 Å². The van der Waals surface area contributed by atoms with E-state index in [9.17, 15) is 4.39 Å². The molecule has 3 heteroatoms. The first-order chi connectivity index (χ1) is 8.06. The van der Waals surface area contributed by atoms with Crippen LogP contribution >= 0.6 is 15.9 Å². The van der Waals surface area contributed by atoms with Crippen LogP contribution in [0.15, 0.2) is 22.7 Å². The van der Waals surface area contributed by atoms with Crippen LogP contribution in [0.1, 0.15) is 32.3 Å². The topological polar surface area (TPSA) is 12.0 Å². The molecule has 1 aliphatic rings. The highest BCUT2D eigenvalue weighted by Gasteiger charge is 2.30. The van der Waals surface area contributed by atoms with Crippen molar-refractivity contribution < 1.29 is 4.39 Å². The average Bonchev–Trinajstić information content (AvgIpc) is 2.20. The minimum Gasteiger partial charge on any atom is -0.310 e. The maximum absolute atomic E-state index is 13.5. The quantitative estimate of drug-likeness (QED) is 0.882. The van der Waals surface area contributed by atoms with Crippen molar-refractivity contribution >= 4 is 15.9 Å². The zero-order valence-corrected chi connectivity index (χ0v) is 11.9. The summed E-state index contributed by atoms with van der Waals surface area (Å²) >= 11 is 3.37. The summed E-state index contributed by atoms with van der Waals surface area (Å²) in [6, 6.07) is 5.66. The summed E-state index contributed by atoms with van der Waals surface area (Å²) in [7, 11) is 0. The van der Waals surface area contributed by atoms with Crippen molar-refractivity contribution in [3.8, 4) is 0 Å². The molecule has 0 amide bonds. The van der Waals surface area contributed by atoms with Gasteiger partial charge in [-0.3, -0.25) is 0 Å². The molecule has 17 heavy (non-hydrogen) atoms. The fourth-order valence-electron chi connectivity index (χ4n) is 2.31. The van der Waals surface area contributed by atoms with E-state index >= 15 is 0 Å². The van der Waals surface area contributed by atoms with Crippen molar-refractivity contribution in [3.63, 3.8) is 0 Å². The fourth-order valence-corrected chi connectivity index (χ4v) is 2.71. The van der Waals surface area contributed by atoms with Gasteiger partial charge in [0.1, 0.15) is 5.82 Å². The molecule has 0 atom stereocenters. The third-order valence-electron chi connectivity index (χ3n) is 3.71. The van der Waals surface area contributed by atoms with Gasteiger partial charge in [-0.1, -0.05) is 29.8 Å². The number of hydrogen-bond acceptors (Lipinski definition) is 1. The lowest BCUT2D eigenvalue weighted by Gasteiger charge is -2.38. The summed E-state index contributed by atoms with van der Waals surface area (Å²) < 4.78 is 14.4. The van der Waals surface area contributed by atoms with Crippen LogP contribution in [-0.2, 0) is 6.54 Å². The van der Waals surface area contributed by atoms with Gasteiger partial charge in [0.15, 0.2) is 0 Å². The largest absolute Gasteiger partial charge is 0.310 e. The Morgan fingerprint density at radius 1 is 1.41 bits per heavy atom. The van der Waals surface area contributed by atoms with Gasteiger partial charge in [-0.05, 0) is 42.9 Å². The third-order valence-corrected chi connectivity index (χ3v) is 4.20. The Kier molecular flexibility index (Phi) is 4.21. The molecule has 1 N–H and O–H groups in total. The minimum atomic E-state index is -0.125. The molecule has 1 aromatic carbocycles. The molecule has 0 heterocycles. The Balaban J connectivity index is 1.81. The number of halogens is 2. The van der Waals surface area contributed by atoms with E-state index in [1.807, 2.05) is 6.07 Å². The zero-order valence-electron chi connectivity index (χ0n) is 10.3. The maximum atomic E-state index is 13.5. The Labute approximate surface area is 111 Å². The van der Waals surface area contributed by atoms with Crippen molar-refractivity contribution in [3.05, 3.63) is 34.1 Å². The number of nitrogens with one attached hydrogen (secondary N) is 1. The van der Waals surface area contributed by atoms with E-state index in [1.54, 1.807) is 6.07 Å². The van der Waals surface area contributed by atoms with E-state index in [4.69, 9.17) is 0 Å². The normalized spacial score (nSPS) is 23.8. The molecule has 0 aromatic heterocycles. The smallest absolute Gasteiger partial charge is 0.127 e. The van der Waals surface area contributed by atoms with E-state index in [0.717, 1.165) is 21.9 Å². The molecule has 94 valence electrons. The van der Waals surface area contributed by atoms with E-state index in [2.05, 4.69) is 35.1 Å². The van der Waals surface area contributed by atoms with Gasteiger partial charge < -0.3 is 5.32 Å². The summed E-state index contributed by atoms with van der Waals surface area (Å²) in [4.78, 5) is 0.